The van der Waals surface area contributed by atoms with E-state index in [1.165, 1.54) is 101 Å². The molecule has 25 heteroatoms. The number of anilines is 1. The summed E-state index contributed by atoms with van der Waals surface area (Å²) >= 11 is 1.45. The zero-order valence-corrected chi connectivity index (χ0v) is 53.3. The van der Waals surface area contributed by atoms with Gasteiger partial charge in [-0.1, -0.05) is 132 Å². The molecule has 1 aromatic carbocycles. The van der Waals surface area contributed by atoms with Gasteiger partial charge in [0, 0.05) is 41.1 Å². The second-order valence-corrected chi connectivity index (χ2v) is 29.1. The zero-order chi connectivity index (χ0) is 59.9. The molecule has 4 aromatic heterocycles. The number of aromatic amines is 2. The molecule has 1 amide bonds. The van der Waals surface area contributed by atoms with Crippen molar-refractivity contribution in [3.63, 3.8) is 0 Å². The number of sulfonamides is 2. The Morgan fingerprint density at radius 2 is 1.21 bits per heavy atom. The lowest BCUT2D eigenvalue weighted by molar-refractivity contribution is -0.136. The Kier molecular flexibility index (Phi) is 24.6. The molecule has 21 nitrogen and oxygen atoms in total. The van der Waals surface area contributed by atoms with E-state index in [1.807, 2.05) is 66.8 Å². The fourth-order valence-corrected chi connectivity index (χ4v) is 14.6. The minimum absolute atomic E-state index is 0.0513. The van der Waals surface area contributed by atoms with Gasteiger partial charge in [0.1, 0.15) is 0 Å². The Hall–Kier alpha value is -4.72. The lowest BCUT2D eigenvalue weighted by atomic mass is 9.63. The van der Waals surface area contributed by atoms with Gasteiger partial charge in [0.25, 0.3) is 0 Å². The number of benzene rings is 1. The summed E-state index contributed by atoms with van der Waals surface area (Å²) in [7, 11) is -11.1. The van der Waals surface area contributed by atoms with Crippen molar-refractivity contribution in [3.05, 3.63) is 41.2 Å². The number of nitrogens with zero attached hydrogens (tertiary/aromatic N) is 6. The molecule has 0 fully saturated rings. The molecule has 6 N–H and O–H groups in total. The fourth-order valence-electron chi connectivity index (χ4n) is 10.7. The average Bonchev–Trinajstić information content (AvgIpc) is 4.13. The number of carbonyl (C=O) groups is 2. The van der Waals surface area contributed by atoms with Crippen molar-refractivity contribution in [3.8, 4) is 11.5 Å². The SMILES string of the molecule is CC(=O)NC(C)(C)C(C)(C)c1nnc2c(SCCC(=O)O)c(C)[nH]n12.CCCCCCCCCCCCCCCCS(=O)(=O)NC(CC)(CC)C(CC)(CC)c1nnc2c(Oc3ccc(S(C)(=O)=O)cc3NS(C)(=O)=O)c(C)[nH]n12. The van der Waals surface area contributed by atoms with Crippen LogP contribution in [0.5, 0.6) is 11.5 Å². The number of unbranched alkanes of at least 4 members (excludes halogenated alkanes) is 13. The van der Waals surface area contributed by atoms with E-state index in [0.29, 0.717) is 66.5 Å². The van der Waals surface area contributed by atoms with Crippen LogP contribution >= 0.6 is 11.8 Å². The lowest BCUT2D eigenvalue weighted by Crippen LogP contribution is -2.62. The van der Waals surface area contributed by atoms with Gasteiger partial charge in [-0.25, -0.2) is 39.0 Å². The summed E-state index contributed by atoms with van der Waals surface area (Å²) in [5, 5.41) is 36.1. The van der Waals surface area contributed by atoms with E-state index in [9.17, 15) is 34.8 Å². The van der Waals surface area contributed by atoms with E-state index in [-0.39, 0.29) is 40.2 Å². The van der Waals surface area contributed by atoms with Crippen LogP contribution in [-0.2, 0) is 50.3 Å². The first-order valence-electron chi connectivity index (χ1n) is 28.4. The van der Waals surface area contributed by atoms with Crippen LogP contribution in [0, 0.1) is 13.8 Å². The first kappa shape index (κ1) is 67.8. The molecule has 0 saturated carbocycles. The first-order valence-corrected chi connectivity index (χ1v) is 34.8. The molecule has 452 valence electrons. The van der Waals surface area contributed by atoms with Crippen LogP contribution in [-0.4, -0.2) is 117 Å². The quantitative estimate of drug-likeness (QED) is 0.0162. The van der Waals surface area contributed by atoms with Gasteiger partial charge in [0.15, 0.2) is 38.6 Å². The van der Waals surface area contributed by atoms with Gasteiger partial charge in [-0.3, -0.25) is 24.5 Å². The lowest BCUT2D eigenvalue weighted by Gasteiger charge is -2.48. The van der Waals surface area contributed by atoms with Crippen molar-refractivity contribution in [2.24, 2.45) is 0 Å². The van der Waals surface area contributed by atoms with Crippen LogP contribution in [0.4, 0.5) is 5.69 Å². The normalized spacial score (nSPS) is 13.0. The number of aromatic nitrogens is 8. The smallest absolute Gasteiger partial charge is 0.304 e. The van der Waals surface area contributed by atoms with Crippen LogP contribution in [0.1, 0.15) is 214 Å². The molecule has 5 aromatic rings. The first-order chi connectivity index (χ1) is 37.4. The van der Waals surface area contributed by atoms with Crippen LogP contribution < -0.4 is 19.5 Å². The number of carboxylic acids is 1. The van der Waals surface area contributed by atoms with Gasteiger partial charge >= 0.3 is 5.97 Å². The fraction of sp³-hybridized carbons (Fsp3) is 0.709. The minimum atomic E-state index is -3.79. The van der Waals surface area contributed by atoms with Crippen molar-refractivity contribution in [2.75, 3.05) is 28.7 Å². The van der Waals surface area contributed by atoms with Gasteiger partial charge in [-0.05, 0) is 78.0 Å². The predicted molar refractivity (Wildman–Crippen MR) is 319 cm³/mol. The van der Waals surface area contributed by atoms with Gasteiger partial charge < -0.3 is 15.2 Å². The number of thioether (sulfide) groups is 1. The number of hydrogen-bond acceptors (Lipinski definition) is 14. The number of ether oxygens (including phenoxy) is 1. The summed E-state index contributed by atoms with van der Waals surface area (Å²) in [5.74, 6) is 1.19. The van der Waals surface area contributed by atoms with E-state index in [2.05, 4.69) is 52.3 Å². The van der Waals surface area contributed by atoms with E-state index < -0.39 is 57.8 Å². The van der Waals surface area contributed by atoms with Gasteiger partial charge in [-0.2, -0.15) is 0 Å². The number of aryl methyl sites for hydroxylation is 2. The maximum atomic E-state index is 13.8. The number of carboxylic acid groups (broad SMARTS) is 1. The number of nitrogens with one attached hydrogen (secondary N) is 5. The summed E-state index contributed by atoms with van der Waals surface area (Å²) in [6.45, 7) is 23.4. The molecular formula is C55H93N11O10S4. The van der Waals surface area contributed by atoms with E-state index in [0.717, 1.165) is 42.4 Å². The molecule has 0 aliphatic heterocycles. The topological polar surface area (TPSA) is 294 Å². The molecule has 0 atom stereocenters. The summed E-state index contributed by atoms with van der Waals surface area (Å²) < 4.78 is 91.8. The van der Waals surface area contributed by atoms with Gasteiger partial charge in [-0.15, -0.1) is 32.2 Å². The number of fused-ring (bicyclic) bond motifs is 2. The molecule has 0 bridgehead atoms. The Balaban J connectivity index is 0.000000457. The third-order valence-electron chi connectivity index (χ3n) is 15.9. The minimum Gasteiger partial charge on any atom is -0.481 e. The summed E-state index contributed by atoms with van der Waals surface area (Å²) in [6, 6.07) is 3.94. The Bertz CT molecular complexity index is 3170. The number of H-pyrrole nitrogens is 2. The molecule has 0 spiro atoms. The van der Waals surface area contributed by atoms with Crippen LogP contribution in [0.3, 0.4) is 0 Å². The maximum Gasteiger partial charge on any atom is 0.304 e. The van der Waals surface area contributed by atoms with Crippen LogP contribution in [0.15, 0.2) is 28.0 Å². The summed E-state index contributed by atoms with van der Waals surface area (Å²) in [5.41, 5.74) is -0.274. The molecular weight excluding hydrogens is 1100 g/mol. The molecule has 80 heavy (non-hydrogen) atoms. The number of rotatable bonds is 35. The molecule has 0 unspecified atom stereocenters. The maximum absolute atomic E-state index is 13.8. The Morgan fingerprint density at radius 1 is 0.700 bits per heavy atom. The van der Waals surface area contributed by atoms with E-state index in [4.69, 9.17) is 9.84 Å². The largest absolute Gasteiger partial charge is 0.481 e. The highest BCUT2D eigenvalue weighted by Gasteiger charge is 2.53. The number of aliphatic carboxylic acids is 1. The number of carbonyl (C=O) groups excluding carboxylic acids is 1. The van der Waals surface area contributed by atoms with E-state index >= 15 is 0 Å². The second kappa shape index (κ2) is 29.0. The van der Waals surface area contributed by atoms with Crippen molar-refractivity contribution in [1.29, 1.82) is 0 Å². The second-order valence-electron chi connectivity index (χ2n) is 22.4. The van der Waals surface area contributed by atoms with Crippen LogP contribution in [0.25, 0.3) is 11.3 Å². The third kappa shape index (κ3) is 17.2. The van der Waals surface area contributed by atoms with Crippen molar-refractivity contribution in [2.45, 2.75) is 237 Å². The van der Waals surface area contributed by atoms with Gasteiger partial charge in [0.2, 0.25) is 31.6 Å². The molecule has 4 heterocycles. The molecule has 0 aliphatic carbocycles. The van der Waals surface area contributed by atoms with Crippen molar-refractivity contribution < 1.29 is 44.7 Å². The predicted octanol–water partition coefficient (Wildman–Crippen LogP) is 11.1. The highest BCUT2D eigenvalue weighted by atomic mass is 32.2. The van der Waals surface area contributed by atoms with Crippen molar-refractivity contribution in [1.82, 2.24) is 49.7 Å². The van der Waals surface area contributed by atoms with E-state index in [1.54, 1.807) is 11.4 Å². The zero-order valence-electron chi connectivity index (χ0n) is 50.0. The standard InChI is InChI=1S/C39H68N6O7S3.C16H25N5O3S/c1-9-14-15-16-17-18-19-20-21-22-23-24-25-26-29-55(50,51)44-39(12-4,13-5)38(10-2,11-3)37-41-40-36-35(31(6)42-45(36)37)52-34-28-27-32(53(7,46)47)30-33(34)43-54(8,48)49;1-9-12(25-8-7-11(23)24)13-18-19-14(21(13)20-9)15(3,4)16(5,6)17-10(2)22/h27-28,30,42-44H,9-26,29H2,1-8H3;20H,7-8H2,1-6H3,(H,17,22)(H,23,24). The van der Waals surface area contributed by atoms with Gasteiger partial charge in [0.05, 0.1) is 45.0 Å². The molecule has 5 rings (SSSR count). The average molecular weight is 1200 g/mol. The highest BCUT2D eigenvalue weighted by molar-refractivity contribution is 7.99. The summed E-state index contributed by atoms with van der Waals surface area (Å²) in [4.78, 5) is 23.1. The third-order valence-corrected chi connectivity index (χ3v) is 20.3. The Morgan fingerprint density at radius 3 is 1.71 bits per heavy atom. The summed E-state index contributed by atoms with van der Waals surface area (Å²) in [6.07, 6.45) is 21.0. The number of amides is 1. The molecule has 0 radical (unpaired) electrons. The molecule has 0 aliphatic rings. The number of hydrogen-bond donors (Lipinski definition) is 6. The highest BCUT2D eigenvalue weighted by Crippen LogP contribution is 2.47. The number of sulfone groups is 1. The van der Waals surface area contributed by atoms with Crippen molar-refractivity contribution >= 4 is 70.5 Å². The Labute approximate surface area is 480 Å². The monoisotopic (exact) mass is 1200 g/mol. The van der Waals surface area contributed by atoms with Crippen LogP contribution in [0.2, 0.25) is 0 Å². The molecule has 0 saturated heterocycles.